The fourth-order valence-corrected chi connectivity index (χ4v) is 4.75. The maximum atomic E-state index is 14.2. The van der Waals surface area contributed by atoms with Crippen LogP contribution >= 0.6 is 11.8 Å². The molecule has 0 fully saturated rings. The predicted octanol–water partition coefficient (Wildman–Crippen LogP) is 4.70. The zero-order chi connectivity index (χ0) is 23.5. The van der Waals surface area contributed by atoms with Gasteiger partial charge >= 0.3 is 0 Å². The van der Waals surface area contributed by atoms with E-state index in [9.17, 15) is 9.18 Å². The number of carbonyl (C=O) groups is 1. The SMILES string of the molecule is Cc1ccc(C2Nn3c(COc4ccccc4)nnc3SC2C(=O)Nc2ccccc2F)cc1. The first-order valence-electron chi connectivity index (χ1n) is 10.8. The molecule has 34 heavy (non-hydrogen) atoms. The van der Waals surface area contributed by atoms with Gasteiger partial charge in [0.1, 0.15) is 23.4 Å². The second-order valence-corrected chi connectivity index (χ2v) is 8.97. The molecule has 3 aromatic carbocycles. The number of benzene rings is 3. The van der Waals surface area contributed by atoms with E-state index in [0.29, 0.717) is 11.0 Å². The molecular formula is C25H22FN5O2S. The summed E-state index contributed by atoms with van der Waals surface area (Å²) >= 11 is 1.28. The Morgan fingerprint density at radius 1 is 1.06 bits per heavy atom. The summed E-state index contributed by atoms with van der Waals surface area (Å²) in [5.41, 5.74) is 5.55. The Labute approximate surface area is 200 Å². The Morgan fingerprint density at radius 3 is 2.56 bits per heavy atom. The first-order valence-corrected chi connectivity index (χ1v) is 11.6. The zero-order valence-electron chi connectivity index (χ0n) is 18.3. The number of aromatic nitrogens is 3. The molecule has 2 heterocycles. The van der Waals surface area contributed by atoms with Gasteiger partial charge in [0, 0.05) is 0 Å². The standard InChI is InChI=1S/C25H22FN5O2S/c1-16-11-13-17(14-12-16)22-23(24(32)27-20-10-6-5-9-19(20)26)34-25-29-28-21(31(25)30-22)15-33-18-7-3-2-4-8-18/h2-14,22-23,30H,15H2,1H3,(H,27,32). The number of nitrogens with zero attached hydrogens (tertiary/aromatic N) is 3. The maximum absolute atomic E-state index is 14.2. The van der Waals surface area contributed by atoms with Crippen LogP contribution in [0.15, 0.2) is 84.0 Å². The quantitative estimate of drug-likeness (QED) is 0.421. The minimum atomic E-state index is -0.609. The van der Waals surface area contributed by atoms with Crippen LogP contribution in [0.2, 0.25) is 0 Å². The number of anilines is 1. The highest BCUT2D eigenvalue weighted by Gasteiger charge is 2.38. The van der Waals surface area contributed by atoms with Gasteiger partial charge in [0.2, 0.25) is 11.1 Å². The average molecular weight is 476 g/mol. The van der Waals surface area contributed by atoms with Gasteiger partial charge < -0.3 is 15.5 Å². The molecule has 2 N–H and O–H groups in total. The van der Waals surface area contributed by atoms with Gasteiger partial charge in [-0.1, -0.05) is 71.9 Å². The number of rotatable bonds is 6. The number of aryl methyl sites for hydroxylation is 1. The van der Waals surface area contributed by atoms with Crippen molar-refractivity contribution in [1.29, 1.82) is 0 Å². The van der Waals surface area contributed by atoms with Crippen LogP contribution < -0.4 is 15.5 Å². The van der Waals surface area contributed by atoms with Crippen LogP contribution in [-0.2, 0) is 11.4 Å². The maximum Gasteiger partial charge on any atom is 0.240 e. The number of nitrogens with one attached hydrogen (secondary N) is 2. The fraction of sp³-hybridized carbons (Fsp3) is 0.160. The third kappa shape index (κ3) is 4.60. The second kappa shape index (κ2) is 9.56. The van der Waals surface area contributed by atoms with Crippen LogP contribution in [0.3, 0.4) is 0 Å². The highest BCUT2D eigenvalue weighted by molar-refractivity contribution is 8.00. The summed E-state index contributed by atoms with van der Waals surface area (Å²) in [5, 5.41) is 11.1. The van der Waals surface area contributed by atoms with Crippen molar-refractivity contribution in [2.24, 2.45) is 0 Å². The van der Waals surface area contributed by atoms with E-state index in [1.165, 1.54) is 23.9 Å². The van der Waals surface area contributed by atoms with Crippen molar-refractivity contribution in [1.82, 2.24) is 14.9 Å². The lowest BCUT2D eigenvalue weighted by Gasteiger charge is -2.33. The summed E-state index contributed by atoms with van der Waals surface area (Å²) in [7, 11) is 0. The first kappa shape index (κ1) is 22.0. The Balaban J connectivity index is 1.43. The highest BCUT2D eigenvalue weighted by atomic mass is 32.2. The van der Waals surface area contributed by atoms with Crippen molar-refractivity contribution >= 4 is 23.4 Å². The molecule has 0 saturated carbocycles. The fourth-order valence-electron chi connectivity index (χ4n) is 3.65. The van der Waals surface area contributed by atoms with Gasteiger partial charge in [0.25, 0.3) is 0 Å². The summed E-state index contributed by atoms with van der Waals surface area (Å²) in [6.45, 7) is 2.21. The largest absolute Gasteiger partial charge is 0.486 e. The van der Waals surface area contributed by atoms with E-state index in [-0.39, 0.29) is 18.2 Å². The smallest absolute Gasteiger partial charge is 0.240 e. The molecule has 0 saturated heterocycles. The molecule has 0 radical (unpaired) electrons. The van der Waals surface area contributed by atoms with Gasteiger partial charge in [-0.25, -0.2) is 9.07 Å². The molecule has 9 heteroatoms. The van der Waals surface area contributed by atoms with Gasteiger partial charge in [-0.2, -0.15) is 0 Å². The van der Waals surface area contributed by atoms with E-state index < -0.39 is 17.1 Å². The van der Waals surface area contributed by atoms with Crippen molar-refractivity contribution < 1.29 is 13.9 Å². The van der Waals surface area contributed by atoms with Crippen molar-refractivity contribution in [3.8, 4) is 5.75 Å². The summed E-state index contributed by atoms with van der Waals surface area (Å²) in [4.78, 5) is 13.3. The van der Waals surface area contributed by atoms with Crippen molar-refractivity contribution in [2.75, 3.05) is 10.7 Å². The third-order valence-electron chi connectivity index (χ3n) is 5.44. The number of hydrogen-bond acceptors (Lipinski definition) is 6. The van der Waals surface area contributed by atoms with Crippen molar-refractivity contribution in [3.63, 3.8) is 0 Å². The zero-order valence-corrected chi connectivity index (χ0v) is 19.1. The lowest BCUT2D eigenvalue weighted by molar-refractivity contribution is -0.116. The van der Waals surface area contributed by atoms with E-state index in [4.69, 9.17) is 4.74 Å². The molecule has 0 spiro atoms. The Bertz CT molecular complexity index is 1300. The number of para-hydroxylation sites is 2. The van der Waals surface area contributed by atoms with Crippen LogP contribution in [0.5, 0.6) is 5.75 Å². The number of halogens is 1. The van der Waals surface area contributed by atoms with Crippen LogP contribution in [0.1, 0.15) is 23.0 Å². The van der Waals surface area contributed by atoms with E-state index in [1.807, 2.05) is 61.5 Å². The minimum absolute atomic E-state index is 0.139. The lowest BCUT2D eigenvalue weighted by atomic mass is 10.0. The lowest BCUT2D eigenvalue weighted by Crippen LogP contribution is -2.41. The van der Waals surface area contributed by atoms with Gasteiger partial charge in [-0.3, -0.25) is 4.79 Å². The minimum Gasteiger partial charge on any atom is -0.486 e. The third-order valence-corrected chi connectivity index (χ3v) is 6.66. The summed E-state index contributed by atoms with van der Waals surface area (Å²) in [6, 6.07) is 23.1. The topological polar surface area (TPSA) is 81.1 Å². The normalized spacial score (nSPS) is 16.9. The number of carbonyl (C=O) groups excluding carboxylic acids is 1. The second-order valence-electron chi connectivity index (χ2n) is 7.86. The number of ether oxygens (including phenoxy) is 1. The summed E-state index contributed by atoms with van der Waals surface area (Å²) in [6.07, 6.45) is 0. The number of fused-ring (bicyclic) bond motifs is 1. The van der Waals surface area contributed by atoms with Crippen LogP contribution in [-0.4, -0.2) is 26.0 Å². The van der Waals surface area contributed by atoms with E-state index in [0.717, 1.165) is 16.9 Å². The number of hydrogen-bond donors (Lipinski definition) is 2. The molecule has 2 unspecified atom stereocenters. The van der Waals surface area contributed by atoms with E-state index in [2.05, 4.69) is 20.9 Å². The summed E-state index contributed by atoms with van der Waals surface area (Å²) < 4.78 is 21.8. The molecule has 5 rings (SSSR count). The van der Waals surface area contributed by atoms with Crippen molar-refractivity contribution in [3.05, 3.63) is 102 Å². The van der Waals surface area contributed by atoms with Gasteiger partial charge in [0.05, 0.1) is 11.7 Å². The van der Waals surface area contributed by atoms with Crippen LogP contribution in [0.4, 0.5) is 10.1 Å². The Hall–Kier alpha value is -3.85. The highest BCUT2D eigenvalue weighted by Crippen LogP contribution is 2.38. The van der Waals surface area contributed by atoms with E-state index >= 15 is 0 Å². The molecule has 4 aromatic rings. The monoisotopic (exact) mass is 475 g/mol. The number of amides is 1. The molecule has 2 atom stereocenters. The molecule has 172 valence electrons. The Kier molecular flexibility index (Phi) is 6.18. The van der Waals surface area contributed by atoms with Crippen LogP contribution in [0, 0.1) is 12.7 Å². The molecule has 1 aromatic heterocycles. The Morgan fingerprint density at radius 2 is 1.79 bits per heavy atom. The van der Waals surface area contributed by atoms with E-state index in [1.54, 1.807) is 16.8 Å². The van der Waals surface area contributed by atoms with Crippen molar-refractivity contribution in [2.45, 2.75) is 30.0 Å². The first-order chi connectivity index (χ1) is 16.6. The molecular weight excluding hydrogens is 453 g/mol. The average Bonchev–Trinajstić information content (AvgIpc) is 3.26. The number of thioether (sulfide) groups is 1. The molecule has 1 aliphatic rings. The van der Waals surface area contributed by atoms with Gasteiger partial charge in [-0.15, -0.1) is 10.2 Å². The molecule has 1 aliphatic heterocycles. The predicted molar refractivity (Wildman–Crippen MR) is 129 cm³/mol. The summed E-state index contributed by atoms with van der Waals surface area (Å²) in [5.74, 6) is 0.487. The van der Waals surface area contributed by atoms with Gasteiger partial charge in [-0.05, 0) is 36.8 Å². The molecule has 7 nitrogen and oxygen atoms in total. The van der Waals surface area contributed by atoms with Gasteiger partial charge in [0.15, 0.2) is 5.82 Å². The molecule has 0 aliphatic carbocycles. The molecule has 1 amide bonds. The van der Waals surface area contributed by atoms with Crippen LogP contribution in [0.25, 0.3) is 0 Å². The molecule has 0 bridgehead atoms.